The van der Waals surface area contributed by atoms with Gasteiger partial charge in [-0.15, -0.1) is 0 Å². The molecule has 1 saturated heterocycles. The van der Waals surface area contributed by atoms with Crippen LogP contribution in [0.5, 0.6) is 0 Å². The molecule has 1 aromatic heterocycles. The Balaban J connectivity index is 1.50. The first-order chi connectivity index (χ1) is 12.5. The van der Waals surface area contributed by atoms with E-state index >= 15 is 0 Å². The Morgan fingerprint density at radius 3 is 2.67 bits per heavy atom. The van der Waals surface area contributed by atoms with E-state index in [1.54, 1.807) is 10.9 Å². The number of hydrogen-bond donors (Lipinski definition) is 1. The number of sulfonamides is 1. The maximum absolute atomic E-state index is 13.1. The lowest BCUT2D eigenvalue weighted by molar-refractivity contribution is -0.127. The molecule has 4 rings (SSSR count). The maximum Gasteiger partial charge on any atom is 0.243 e. The molecule has 2 aliphatic heterocycles. The fourth-order valence-electron chi connectivity index (χ4n) is 5.13. The van der Waals surface area contributed by atoms with Gasteiger partial charge in [0.05, 0.1) is 24.7 Å². The van der Waals surface area contributed by atoms with Crippen LogP contribution in [0, 0.1) is 5.41 Å². The highest BCUT2D eigenvalue weighted by Gasteiger charge is 2.53. The monoisotopic (exact) mass is 396 g/mol. The molecule has 1 spiro atoms. The van der Waals surface area contributed by atoms with Crippen LogP contribution in [-0.4, -0.2) is 59.5 Å². The van der Waals surface area contributed by atoms with Gasteiger partial charge >= 0.3 is 0 Å². The van der Waals surface area contributed by atoms with E-state index in [1.807, 2.05) is 7.05 Å². The molecule has 1 N–H and O–H groups in total. The van der Waals surface area contributed by atoms with Crippen LogP contribution in [0.25, 0.3) is 0 Å². The predicted octanol–water partition coefficient (Wildman–Crippen LogP) is 0.743. The molecule has 1 unspecified atom stereocenters. The molecule has 8 nitrogen and oxygen atoms in total. The maximum atomic E-state index is 13.1. The van der Waals surface area contributed by atoms with E-state index in [0.717, 1.165) is 37.8 Å². The average Bonchev–Trinajstić information content (AvgIpc) is 3.05. The number of rotatable bonds is 3. The fourth-order valence-corrected chi connectivity index (χ4v) is 6.14. The Morgan fingerprint density at radius 2 is 2.07 bits per heavy atom. The number of amides is 1. The Morgan fingerprint density at radius 1 is 1.37 bits per heavy atom. The second-order valence-corrected chi connectivity index (χ2v) is 11.0. The van der Waals surface area contributed by atoms with Crippen LogP contribution in [-0.2, 0) is 33.0 Å². The molecule has 1 aromatic rings. The van der Waals surface area contributed by atoms with Gasteiger partial charge in [0, 0.05) is 42.7 Å². The van der Waals surface area contributed by atoms with Crippen LogP contribution >= 0.6 is 0 Å². The smallest absolute Gasteiger partial charge is 0.243 e. The Labute approximate surface area is 160 Å². The summed E-state index contributed by atoms with van der Waals surface area (Å²) >= 11 is 0. The largest absolute Gasteiger partial charge is 0.375 e. The summed E-state index contributed by atoms with van der Waals surface area (Å²) in [7, 11) is -1.68. The first kappa shape index (κ1) is 18.9. The summed E-state index contributed by atoms with van der Waals surface area (Å²) in [5.41, 5.74) is 1.66. The molecule has 0 radical (unpaired) electrons. The normalized spacial score (nSPS) is 32.9. The van der Waals surface area contributed by atoms with Crippen LogP contribution in [0.3, 0.4) is 0 Å². The first-order valence-corrected chi connectivity index (χ1v) is 11.3. The molecule has 1 aliphatic carbocycles. The minimum Gasteiger partial charge on any atom is -0.375 e. The zero-order chi connectivity index (χ0) is 19.6. The molecular weight excluding hydrogens is 368 g/mol. The molecule has 150 valence electrons. The van der Waals surface area contributed by atoms with E-state index in [9.17, 15) is 13.2 Å². The number of carbonyl (C=O) groups excluding carboxylic acids is 1. The third-order valence-corrected chi connectivity index (χ3v) is 7.44. The molecule has 1 saturated carbocycles. The number of carbonyl (C=O) groups is 1. The van der Waals surface area contributed by atoms with E-state index < -0.39 is 16.1 Å². The minimum atomic E-state index is -3.50. The highest BCUT2D eigenvalue weighted by Crippen LogP contribution is 2.52. The number of aryl methyl sites for hydroxylation is 1. The molecule has 3 heterocycles. The van der Waals surface area contributed by atoms with Crippen molar-refractivity contribution in [3.05, 3.63) is 17.5 Å². The zero-order valence-corrected chi connectivity index (χ0v) is 17.2. The highest BCUT2D eigenvalue weighted by atomic mass is 32.2. The second-order valence-electron chi connectivity index (χ2n) is 9.04. The molecule has 27 heavy (non-hydrogen) atoms. The van der Waals surface area contributed by atoms with E-state index in [4.69, 9.17) is 4.74 Å². The van der Waals surface area contributed by atoms with Crippen LogP contribution in [0.1, 0.15) is 50.4 Å². The van der Waals surface area contributed by atoms with Crippen molar-refractivity contribution >= 4 is 15.9 Å². The van der Waals surface area contributed by atoms with Crippen LogP contribution in [0.4, 0.5) is 0 Å². The molecule has 2 fully saturated rings. The Bertz CT molecular complexity index is 870. The lowest BCUT2D eigenvalue weighted by Crippen LogP contribution is -2.55. The molecule has 0 bridgehead atoms. The van der Waals surface area contributed by atoms with Crippen molar-refractivity contribution in [2.75, 3.05) is 19.4 Å². The van der Waals surface area contributed by atoms with Gasteiger partial charge in [0.2, 0.25) is 15.9 Å². The molecule has 9 heteroatoms. The van der Waals surface area contributed by atoms with Crippen molar-refractivity contribution in [2.24, 2.45) is 12.5 Å². The van der Waals surface area contributed by atoms with Crippen LogP contribution in [0.15, 0.2) is 6.20 Å². The fraction of sp³-hybridized carbons (Fsp3) is 0.778. The molecule has 1 atom stereocenters. The quantitative estimate of drug-likeness (QED) is 0.814. The minimum absolute atomic E-state index is 0.0680. The summed E-state index contributed by atoms with van der Waals surface area (Å²) in [5, 5.41) is 7.31. The Kier molecular flexibility index (Phi) is 4.21. The highest BCUT2D eigenvalue weighted by molar-refractivity contribution is 7.88. The first-order valence-electron chi connectivity index (χ1n) is 9.42. The summed E-state index contributed by atoms with van der Waals surface area (Å²) in [6.45, 7) is 5.23. The van der Waals surface area contributed by atoms with Gasteiger partial charge in [-0.1, -0.05) is 0 Å². The van der Waals surface area contributed by atoms with E-state index in [1.165, 1.54) is 4.31 Å². The summed E-state index contributed by atoms with van der Waals surface area (Å²) < 4.78 is 33.4. The van der Waals surface area contributed by atoms with Crippen molar-refractivity contribution in [1.29, 1.82) is 0 Å². The van der Waals surface area contributed by atoms with Gasteiger partial charge in [-0.05, 0) is 33.1 Å². The van der Waals surface area contributed by atoms with E-state index in [0.29, 0.717) is 18.5 Å². The molecule has 3 aliphatic rings. The molecule has 1 amide bonds. The summed E-state index contributed by atoms with van der Waals surface area (Å²) in [5.74, 6) is -0.257. The van der Waals surface area contributed by atoms with Gasteiger partial charge in [-0.25, -0.2) is 8.42 Å². The van der Waals surface area contributed by atoms with Crippen molar-refractivity contribution in [3.8, 4) is 0 Å². The number of nitrogens with zero attached hydrogens (tertiary/aromatic N) is 3. The number of fused-ring (bicyclic) bond motifs is 1. The van der Waals surface area contributed by atoms with Gasteiger partial charge in [0.1, 0.15) is 6.04 Å². The third-order valence-electron chi connectivity index (χ3n) is 6.19. The van der Waals surface area contributed by atoms with Gasteiger partial charge in [0.25, 0.3) is 0 Å². The SMILES string of the molecule is Cn1ncc2c1CCN(S(C)(=O)=O)C2C(=O)NC1CC2(COC(C)(C)C2)C1. The number of ether oxygens (including phenoxy) is 1. The van der Waals surface area contributed by atoms with Gasteiger partial charge in [0.15, 0.2) is 0 Å². The Hall–Kier alpha value is -1.45. The number of hydrogen-bond acceptors (Lipinski definition) is 5. The summed E-state index contributed by atoms with van der Waals surface area (Å²) in [6.07, 6.45) is 6.10. The third kappa shape index (κ3) is 3.30. The molecule has 0 aromatic carbocycles. The van der Waals surface area contributed by atoms with Crippen LogP contribution in [0.2, 0.25) is 0 Å². The average molecular weight is 397 g/mol. The number of aromatic nitrogens is 2. The van der Waals surface area contributed by atoms with Crippen molar-refractivity contribution < 1.29 is 17.9 Å². The second kappa shape index (κ2) is 6.02. The number of nitrogens with one attached hydrogen (secondary N) is 1. The predicted molar refractivity (Wildman–Crippen MR) is 99.4 cm³/mol. The zero-order valence-electron chi connectivity index (χ0n) is 16.4. The van der Waals surface area contributed by atoms with Gasteiger partial charge < -0.3 is 10.1 Å². The van der Waals surface area contributed by atoms with Crippen LogP contribution < -0.4 is 5.32 Å². The molecular formula is C18H28N4O4S. The summed E-state index contributed by atoms with van der Waals surface area (Å²) in [4.78, 5) is 13.1. The van der Waals surface area contributed by atoms with Gasteiger partial charge in [-0.3, -0.25) is 9.48 Å². The van der Waals surface area contributed by atoms with Crippen molar-refractivity contribution in [2.45, 2.75) is 57.2 Å². The van der Waals surface area contributed by atoms with Crippen molar-refractivity contribution in [3.63, 3.8) is 0 Å². The standard InChI is InChI=1S/C18H28N4O4S/c1-17(2)10-18(11-26-17)7-12(8-18)20-16(23)15-13-9-19-21(3)14(13)5-6-22(15)27(4,24)25/h9,12,15H,5-8,10-11H2,1-4H3,(H,20,23). The lowest BCUT2D eigenvalue weighted by atomic mass is 9.63. The van der Waals surface area contributed by atoms with Gasteiger partial charge in [-0.2, -0.15) is 9.40 Å². The van der Waals surface area contributed by atoms with Crippen molar-refractivity contribution in [1.82, 2.24) is 19.4 Å². The summed E-state index contributed by atoms with van der Waals surface area (Å²) in [6, 6.07) is -0.774. The topological polar surface area (TPSA) is 93.5 Å². The van der Waals surface area contributed by atoms with E-state index in [-0.39, 0.29) is 23.0 Å². The lowest BCUT2D eigenvalue weighted by Gasteiger charge is -2.45. The van der Waals surface area contributed by atoms with E-state index in [2.05, 4.69) is 24.3 Å².